The van der Waals surface area contributed by atoms with Gasteiger partial charge in [0.25, 0.3) is 5.91 Å². The van der Waals surface area contributed by atoms with Gasteiger partial charge in [-0.3, -0.25) is 14.7 Å². The monoisotopic (exact) mass is 475 g/mol. The van der Waals surface area contributed by atoms with Gasteiger partial charge in [0, 0.05) is 53.9 Å². The van der Waals surface area contributed by atoms with Gasteiger partial charge < -0.3 is 19.5 Å². The Kier molecular flexibility index (Phi) is 6.30. The van der Waals surface area contributed by atoms with Crippen molar-refractivity contribution in [2.45, 2.75) is 45.9 Å². The molecule has 5 rings (SSSR count). The number of esters is 1. The summed E-state index contributed by atoms with van der Waals surface area (Å²) in [6.07, 6.45) is -0.234. The van der Waals surface area contributed by atoms with E-state index in [2.05, 4.69) is 24.1 Å². The first-order chi connectivity index (χ1) is 16.9. The number of ether oxygens (including phenoxy) is 3. The fourth-order valence-electron chi connectivity index (χ4n) is 4.52. The number of amides is 1. The van der Waals surface area contributed by atoms with E-state index < -0.39 is 18.0 Å². The molecule has 1 unspecified atom stereocenters. The van der Waals surface area contributed by atoms with Crippen molar-refractivity contribution < 1.29 is 23.8 Å². The fourth-order valence-corrected chi connectivity index (χ4v) is 4.52. The van der Waals surface area contributed by atoms with Gasteiger partial charge in [0.15, 0.2) is 17.6 Å². The average molecular weight is 476 g/mol. The highest BCUT2D eigenvalue weighted by Crippen LogP contribution is 2.33. The molecule has 1 amide bonds. The van der Waals surface area contributed by atoms with E-state index in [0.29, 0.717) is 48.6 Å². The summed E-state index contributed by atoms with van der Waals surface area (Å²) in [4.78, 5) is 33.5. The largest absolute Gasteiger partial charge is 0.486 e. The normalized spacial score (nSPS) is 16.0. The van der Waals surface area contributed by atoms with Crippen molar-refractivity contribution in [3.63, 3.8) is 0 Å². The van der Waals surface area contributed by atoms with E-state index in [-0.39, 0.29) is 0 Å². The Labute approximate surface area is 204 Å². The molecule has 0 saturated heterocycles. The molecule has 8 nitrogen and oxygen atoms in total. The zero-order chi connectivity index (χ0) is 24.5. The van der Waals surface area contributed by atoms with Crippen LogP contribution in [-0.2, 0) is 22.5 Å². The highest BCUT2D eigenvalue weighted by atomic mass is 16.6. The third-order valence-electron chi connectivity index (χ3n) is 6.47. The molecule has 1 aromatic heterocycles. The number of pyridine rings is 1. The van der Waals surface area contributed by atoms with Gasteiger partial charge in [0.05, 0.1) is 11.1 Å². The molecule has 0 radical (unpaired) electrons. The molecule has 8 heteroatoms. The lowest BCUT2D eigenvalue weighted by Gasteiger charge is -2.32. The molecular formula is C27H29N3O5. The molecule has 0 saturated carbocycles. The second-order valence-corrected chi connectivity index (χ2v) is 9.14. The number of rotatable bonds is 5. The van der Waals surface area contributed by atoms with Gasteiger partial charge in [-0.2, -0.15) is 0 Å². The zero-order valence-corrected chi connectivity index (χ0v) is 20.2. The van der Waals surface area contributed by atoms with E-state index in [1.807, 2.05) is 24.3 Å². The van der Waals surface area contributed by atoms with Gasteiger partial charge in [-0.15, -0.1) is 0 Å². The molecular weight excluding hydrogens is 446 g/mol. The summed E-state index contributed by atoms with van der Waals surface area (Å²) in [5, 5.41) is 3.54. The summed E-state index contributed by atoms with van der Waals surface area (Å²) >= 11 is 0. The number of nitrogens with zero attached hydrogens (tertiary/aromatic N) is 2. The van der Waals surface area contributed by atoms with E-state index in [4.69, 9.17) is 19.2 Å². The summed E-state index contributed by atoms with van der Waals surface area (Å²) in [5.74, 6) is 0.267. The average Bonchev–Trinajstić information content (AvgIpc) is 2.86. The Morgan fingerprint density at radius 3 is 2.63 bits per heavy atom. The summed E-state index contributed by atoms with van der Waals surface area (Å²) < 4.78 is 16.8. The second kappa shape index (κ2) is 9.54. The highest BCUT2D eigenvalue weighted by Gasteiger charge is 2.29. The van der Waals surface area contributed by atoms with Gasteiger partial charge in [-0.25, -0.2) is 4.79 Å². The Balaban J connectivity index is 1.38. The number of aromatic nitrogens is 1. The lowest BCUT2D eigenvalue weighted by atomic mass is 9.95. The number of carbonyl (C=O) groups excluding carboxylic acids is 2. The first-order valence-electron chi connectivity index (χ1n) is 12.0. The minimum absolute atomic E-state index is 0.342. The van der Waals surface area contributed by atoms with E-state index >= 15 is 0 Å². The lowest BCUT2D eigenvalue weighted by Crippen LogP contribution is -2.37. The number of fused-ring (bicyclic) bond motifs is 3. The summed E-state index contributed by atoms with van der Waals surface area (Å²) in [6, 6.07) is 13.1. The maximum absolute atomic E-state index is 13.5. The molecule has 0 fully saturated rings. The molecule has 0 bridgehead atoms. The highest BCUT2D eigenvalue weighted by molar-refractivity contribution is 6.06. The molecule has 2 aromatic carbocycles. The first-order valence-corrected chi connectivity index (χ1v) is 12.0. The maximum Gasteiger partial charge on any atom is 0.339 e. The van der Waals surface area contributed by atoms with Crippen molar-refractivity contribution in [3.8, 4) is 11.5 Å². The molecule has 3 aromatic rings. The van der Waals surface area contributed by atoms with Crippen LogP contribution in [0.4, 0.5) is 5.69 Å². The number of para-hydroxylation sites is 1. The van der Waals surface area contributed by atoms with Gasteiger partial charge in [0.2, 0.25) is 0 Å². The van der Waals surface area contributed by atoms with Crippen LogP contribution in [0.25, 0.3) is 10.9 Å². The molecule has 1 N–H and O–H groups in total. The molecule has 35 heavy (non-hydrogen) atoms. The van der Waals surface area contributed by atoms with Crippen LogP contribution in [0.3, 0.4) is 0 Å². The van der Waals surface area contributed by atoms with Crippen molar-refractivity contribution in [3.05, 3.63) is 59.3 Å². The first kappa shape index (κ1) is 23.1. The molecule has 2 aliphatic rings. The fraction of sp³-hybridized carbons (Fsp3) is 0.370. The standard InChI is InChI=1S/C27H29N3O5/c1-16(2)30-11-10-22-20(15-30)25(19-6-4-5-7-21(19)29-22)27(32)35-17(3)26(31)28-18-8-9-23-24(14-18)34-13-12-33-23/h4-9,14,16-17H,10-13,15H2,1-3H3,(H,28,31). The van der Waals surface area contributed by atoms with Crippen LogP contribution in [0.5, 0.6) is 11.5 Å². The van der Waals surface area contributed by atoms with Crippen LogP contribution in [0, 0.1) is 0 Å². The second-order valence-electron chi connectivity index (χ2n) is 9.14. The SMILES string of the molecule is CC(OC(=O)c1c2c(nc3ccccc13)CCN(C(C)C)C2)C(=O)Nc1ccc2c(c1)OCCO2. The zero-order valence-electron chi connectivity index (χ0n) is 20.2. The summed E-state index contributed by atoms with van der Waals surface area (Å²) in [5.41, 5.74) is 3.59. The topological polar surface area (TPSA) is 90.0 Å². The predicted octanol–water partition coefficient (Wildman–Crippen LogP) is 3.96. The van der Waals surface area contributed by atoms with Gasteiger partial charge >= 0.3 is 5.97 Å². The Morgan fingerprint density at radius 2 is 1.83 bits per heavy atom. The lowest BCUT2D eigenvalue weighted by molar-refractivity contribution is -0.123. The summed E-state index contributed by atoms with van der Waals surface area (Å²) in [7, 11) is 0. The number of anilines is 1. The van der Waals surface area contributed by atoms with E-state index in [1.54, 1.807) is 25.1 Å². The number of nitrogens with one attached hydrogen (secondary N) is 1. The Morgan fingerprint density at radius 1 is 1.06 bits per heavy atom. The van der Waals surface area contributed by atoms with E-state index in [1.165, 1.54) is 0 Å². The van der Waals surface area contributed by atoms with Crippen LogP contribution < -0.4 is 14.8 Å². The van der Waals surface area contributed by atoms with Crippen LogP contribution >= 0.6 is 0 Å². The van der Waals surface area contributed by atoms with Crippen molar-refractivity contribution in [1.82, 2.24) is 9.88 Å². The molecule has 1 atom stereocenters. The van der Waals surface area contributed by atoms with Crippen LogP contribution in [0.15, 0.2) is 42.5 Å². The van der Waals surface area contributed by atoms with Crippen LogP contribution in [0.1, 0.15) is 42.4 Å². The minimum Gasteiger partial charge on any atom is -0.486 e. The minimum atomic E-state index is -0.997. The maximum atomic E-state index is 13.5. The Hall–Kier alpha value is -3.65. The molecule has 0 aliphatic carbocycles. The van der Waals surface area contributed by atoms with Crippen LogP contribution in [0.2, 0.25) is 0 Å². The number of hydrogen-bond donors (Lipinski definition) is 1. The summed E-state index contributed by atoms with van der Waals surface area (Å²) in [6.45, 7) is 8.31. The Bertz CT molecular complexity index is 1290. The van der Waals surface area contributed by atoms with Crippen molar-refractivity contribution in [2.75, 3.05) is 25.1 Å². The number of benzene rings is 2. The van der Waals surface area contributed by atoms with Gasteiger partial charge in [-0.05, 0) is 39.0 Å². The third kappa shape index (κ3) is 4.66. The third-order valence-corrected chi connectivity index (χ3v) is 6.47. The van der Waals surface area contributed by atoms with Crippen molar-refractivity contribution in [2.24, 2.45) is 0 Å². The van der Waals surface area contributed by atoms with Gasteiger partial charge in [0.1, 0.15) is 13.2 Å². The van der Waals surface area contributed by atoms with Crippen LogP contribution in [-0.4, -0.2) is 53.7 Å². The van der Waals surface area contributed by atoms with Crippen molar-refractivity contribution >= 4 is 28.5 Å². The van der Waals surface area contributed by atoms with Crippen molar-refractivity contribution in [1.29, 1.82) is 0 Å². The van der Waals surface area contributed by atoms with E-state index in [0.717, 1.165) is 35.1 Å². The van der Waals surface area contributed by atoms with Gasteiger partial charge in [-0.1, -0.05) is 18.2 Å². The number of carbonyl (C=O) groups is 2. The molecule has 3 heterocycles. The molecule has 2 aliphatic heterocycles. The van der Waals surface area contributed by atoms with E-state index in [9.17, 15) is 9.59 Å². The smallest absolute Gasteiger partial charge is 0.339 e. The number of hydrogen-bond acceptors (Lipinski definition) is 7. The molecule has 182 valence electrons. The molecule has 0 spiro atoms. The quantitative estimate of drug-likeness (QED) is 0.559. The predicted molar refractivity (Wildman–Crippen MR) is 132 cm³/mol.